The van der Waals surface area contributed by atoms with Gasteiger partial charge in [-0.3, -0.25) is 0 Å². The van der Waals surface area contributed by atoms with Crippen molar-refractivity contribution < 1.29 is 22.6 Å². The fourth-order valence-electron chi connectivity index (χ4n) is 3.16. The summed E-state index contributed by atoms with van der Waals surface area (Å²) in [7, 11) is 0.634. The van der Waals surface area contributed by atoms with Crippen LogP contribution in [-0.4, -0.2) is 59.7 Å². The molecule has 0 aliphatic carbocycles. The number of nitrogens with zero attached hydrogens (tertiary/aromatic N) is 1. The molecule has 0 saturated carbocycles. The molecule has 0 spiro atoms. The van der Waals surface area contributed by atoms with E-state index in [2.05, 4.69) is 5.32 Å². The summed E-state index contributed by atoms with van der Waals surface area (Å²) >= 11 is 0. The minimum atomic E-state index is -3.77. The monoisotopic (exact) mass is 372 g/mol. The van der Waals surface area contributed by atoms with Crippen LogP contribution in [-0.2, 0) is 10.0 Å². The van der Waals surface area contributed by atoms with Crippen molar-refractivity contribution in [2.75, 3.05) is 41.0 Å². The van der Waals surface area contributed by atoms with Gasteiger partial charge in [0.05, 0.1) is 21.3 Å². The summed E-state index contributed by atoms with van der Waals surface area (Å²) in [5, 5.41) is 3.28. The van der Waals surface area contributed by atoms with Gasteiger partial charge in [-0.05, 0) is 32.4 Å². The molecule has 1 saturated heterocycles. The fraction of sp³-hybridized carbons (Fsp3) is 0.647. The number of rotatable bonds is 8. The van der Waals surface area contributed by atoms with E-state index in [4.69, 9.17) is 14.2 Å². The Kier molecular flexibility index (Phi) is 6.92. The Hall–Kier alpha value is -1.51. The first kappa shape index (κ1) is 19.8. The SMILES string of the molecule is CCCN(C1CCNCC1)S(=O)(=O)c1c(OC)cc(OC)cc1OC. The predicted octanol–water partition coefficient (Wildman–Crippen LogP) is 1.87. The van der Waals surface area contributed by atoms with Crippen molar-refractivity contribution in [2.24, 2.45) is 0 Å². The molecule has 0 bridgehead atoms. The lowest BCUT2D eigenvalue weighted by molar-refractivity contribution is 0.260. The Morgan fingerprint density at radius 3 is 2.08 bits per heavy atom. The normalized spacial score (nSPS) is 16.0. The van der Waals surface area contributed by atoms with Gasteiger partial charge in [-0.15, -0.1) is 0 Å². The minimum absolute atomic E-state index is 0.0253. The number of sulfonamides is 1. The van der Waals surface area contributed by atoms with Gasteiger partial charge in [-0.1, -0.05) is 6.92 Å². The standard InChI is InChI=1S/C17H28N2O5S/c1-5-10-19(13-6-8-18-9-7-13)25(20,21)17-15(23-3)11-14(22-2)12-16(17)24-4/h11-13,18H,5-10H2,1-4H3. The van der Waals surface area contributed by atoms with Gasteiger partial charge in [0, 0.05) is 24.7 Å². The molecule has 0 radical (unpaired) electrons. The minimum Gasteiger partial charge on any atom is -0.496 e. The van der Waals surface area contributed by atoms with Crippen LogP contribution < -0.4 is 19.5 Å². The first-order valence-electron chi connectivity index (χ1n) is 8.52. The number of hydrogen-bond acceptors (Lipinski definition) is 6. The molecule has 1 heterocycles. The zero-order valence-corrected chi connectivity index (χ0v) is 16.2. The lowest BCUT2D eigenvalue weighted by Gasteiger charge is -2.34. The van der Waals surface area contributed by atoms with Crippen LogP contribution in [0.4, 0.5) is 0 Å². The van der Waals surface area contributed by atoms with E-state index in [0.29, 0.717) is 12.3 Å². The van der Waals surface area contributed by atoms with Crippen molar-refractivity contribution >= 4 is 10.0 Å². The van der Waals surface area contributed by atoms with Gasteiger partial charge in [0.15, 0.2) is 4.90 Å². The maximum Gasteiger partial charge on any atom is 0.250 e. The molecule has 1 N–H and O–H groups in total. The predicted molar refractivity (Wildman–Crippen MR) is 96.2 cm³/mol. The van der Waals surface area contributed by atoms with Gasteiger partial charge in [0.1, 0.15) is 17.2 Å². The highest BCUT2D eigenvalue weighted by molar-refractivity contribution is 7.89. The smallest absolute Gasteiger partial charge is 0.250 e. The summed E-state index contributed by atoms with van der Waals surface area (Å²) in [5.74, 6) is 0.939. The molecule has 1 aliphatic rings. The Balaban J connectivity index is 2.55. The molecule has 1 aromatic carbocycles. The van der Waals surface area contributed by atoms with E-state index in [1.54, 1.807) is 16.4 Å². The summed E-state index contributed by atoms with van der Waals surface area (Å²) in [4.78, 5) is 0.0604. The third-order valence-corrected chi connectivity index (χ3v) is 6.41. The van der Waals surface area contributed by atoms with E-state index in [1.807, 2.05) is 6.92 Å². The van der Waals surface area contributed by atoms with Crippen molar-refractivity contribution in [3.8, 4) is 17.2 Å². The molecule has 2 rings (SSSR count). The molecule has 1 fully saturated rings. The molecule has 0 unspecified atom stereocenters. The second-order valence-electron chi connectivity index (χ2n) is 5.96. The largest absolute Gasteiger partial charge is 0.496 e. The van der Waals surface area contributed by atoms with Crippen molar-refractivity contribution in [1.82, 2.24) is 9.62 Å². The summed E-state index contributed by atoms with van der Waals surface area (Å²) in [6.07, 6.45) is 2.32. The van der Waals surface area contributed by atoms with Gasteiger partial charge in [0.2, 0.25) is 0 Å². The molecule has 0 atom stereocenters. The third kappa shape index (κ3) is 4.19. The highest BCUT2D eigenvalue weighted by atomic mass is 32.2. The molecule has 0 amide bonds. The van der Waals surface area contributed by atoms with E-state index in [0.717, 1.165) is 32.4 Å². The van der Waals surface area contributed by atoms with Gasteiger partial charge in [-0.25, -0.2) is 8.42 Å². The molecule has 7 nitrogen and oxygen atoms in total. The lowest BCUT2D eigenvalue weighted by atomic mass is 10.1. The van der Waals surface area contributed by atoms with E-state index in [-0.39, 0.29) is 22.4 Å². The van der Waals surface area contributed by atoms with Gasteiger partial charge in [-0.2, -0.15) is 4.31 Å². The summed E-state index contributed by atoms with van der Waals surface area (Å²) in [6.45, 7) is 4.08. The van der Waals surface area contributed by atoms with Crippen LogP contribution in [0.2, 0.25) is 0 Å². The topological polar surface area (TPSA) is 77.1 Å². The van der Waals surface area contributed by atoms with Crippen molar-refractivity contribution in [1.29, 1.82) is 0 Å². The Morgan fingerprint density at radius 1 is 1.08 bits per heavy atom. The van der Waals surface area contributed by atoms with Gasteiger partial charge in [0.25, 0.3) is 10.0 Å². The van der Waals surface area contributed by atoms with E-state index < -0.39 is 10.0 Å². The van der Waals surface area contributed by atoms with Gasteiger partial charge < -0.3 is 19.5 Å². The highest BCUT2D eigenvalue weighted by Gasteiger charge is 2.36. The third-order valence-electron chi connectivity index (χ3n) is 4.40. The quantitative estimate of drug-likeness (QED) is 0.751. The van der Waals surface area contributed by atoms with Crippen molar-refractivity contribution in [3.63, 3.8) is 0 Å². The molecule has 25 heavy (non-hydrogen) atoms. The molecule has 1 aromatic rings. The number of nitrogens with one attached hydrogen (secondary N) is 1. The van der Waals surface area contributed by atoms with Crippen molar-refractivity contribution in [3.05, 3.63) is 12.1 Å². The number of benzene rings is 1. The van der Waals surface area contributed by atoms with E-state index in [1.165, 1.54) is 21.3 Å². The first-order chi connectivity index (χ1) is 12.0. The molecule has 142 valence electrons. The molecular formula is C17H28N2O5S. The second-order valence-corrected chi connectivity index (χ2v) is 7.79. The summed E-state index contributed by atoms with van der Waals surface area (Å²) < 4.78 is 44.5. The Morgan fingerprint density at radius 2 is 1.64 bits per heavy atom. The number of methoxy groups -OCH3 is 3. The Bertz CT molecular complexity index is 647. The lowest BCUT2D eigenvalue weighted by Crippen LogP contribution is -2.46. The van der Waals surface area contributed by atoms with Crippen LogP contribution in [0.5, 0.6) is 17.2 Å². The fourth-order valence-corrected chi connectivity index (χ4v) is 5.21. The average molecular weight is 372 g/mol. The zero-order valence-electron chi connectivity index (χ0n) is 15.4. The molecule has 0 aromatic heterocycles. The van der Waals surface area contributed by atoms with Crippen LogP contribution in [0.1, 0.15) is 26.2 Å². The highest BCUT2D eigenvalue weighted by Crippen LogP contribution is 2.40. The first-order valence-corrected chi connectivity index (χ1v) is 9.96. The summed E-state index contributed by atoms with van der Waals surface area (Å²) in [6, 6.07) is 3.12. The van der Waals surface area contributed by atoms with Crippen LogP contribution in [0.25, 0.3) is 0 Å². The van der Waals surface area contributed by atoms with Crippen LogP contribution in [0.15, 0.2) is 17.0 Å². The van der Waals surface area contributed by atoms with Crippen LogP contribution >= 0.6 is 0 Å². The number of hydrogen-bond donors (Lipinski definition) is 1. The van der Waals surface area contributed by atoms with Gasteiger partial charge >= 0.3 is 0 Å². The van der Waals surface area contributed by atoms with Crippen LogP contribution in [0.3, 0.4) is 0 Å². The maximum absolute atomic E-state index is 13.5. The average Bonchev–Trinajstić information content (AvgIpc) is 2.65. The van der Waals surface area contributed by atoms with E-state index >= 15 is 0 Å². The number of piperidine rings is 1. The zero-order chi connectivity index (χ0) is 18.4. The number of ether oxygens (including phenoxy) is 3. The van der Waals surface area contributed by atoms with E-state index in [9.17, 15) is 8.42 Å². The van der Waals surface area contributed by atoms with Crippen molar-refractivity contribution in [2.45, 2.75) is 37.1 Å². The summed E-state index contributed by atoms with van der Waals surface area (Å²) in [5.41, 5.74) is 0. The molecular weight excluding hydrogens is 344 g/mol. The maximum atomic E-state index is 13.5. The molecule has 1 aliphatic heterocycles. The second kappa shape index (κ2) is 8.73. The molecule has 8 heteroatoms. The van der Waals surface area contributed by atoms with Crippen LogP contribution in [0, 0.1) is 0 Å². The Labute approximate surface area is 150 Å².